The van der Waals surface area contributed by atoms with Gasteiger partial charge in [-0.25, -0.2) is 9.37 Å². The van der Waals surface area contributed by atoms with Crippen molar-refractivity contribution >= 4 is 55.1 Å². The lowest BCUT2D eigenvalue weighted by Gasteiger charge is -2.15. The molecule has 0 atom stereocenters. The molecule has 0 fully saturated rings. The van der Waals surface area contributed by atoms with E-state index < -0.39 is 17.4 Å². The van der Waals surface area contributed by atoms with Gasteiger partial charge in [-0.2, -0.15) is 0 Å². The first-order valence-corrected chi connectivity index (χ1v) is 10.8. The van der Waals surface area contributed by atoms with E-state index in [-0.39, 0.29) is 15.9 Å². The first-order chi connectivity index (χ1) is 13.3. The van der Waals surface area contributed by atoms with Gasteiger partial charge in [-0.15, -0.1) is 11.3 Å². The SMILES string of the molecule is CC(C)(C)O.Cc1cc2c(-c3ccc(Br)c(F)c3Cl)c(CC(=O)O)c(C)nc2s1. The highest BCUT2D eigenvalue weighted by atomic mass is 79.9. The second kappa shape index (κ2) is 9.08. The number of carbonyl (C=O) groups is 1. The van der Waals surface area contributed by atoms with Crippen molar-refractivity contribution in [3.05, 3.63) is 49.6 Å². The third-order valence-corrected chi connectivity index (χ3v) is 5.67. The number of aliphatic hydroxyl groups is 1. The van der Waals surface area contributed by atoms with Gasteiger partial charge in [0.05, 0.1) is 21.5 Å². The summed E-state index contributed by atoms with van der Waals surface area (Å²) < 4.78 is 14.5. The summed E-state index contributed by atoms with van der Waals surface area (Å²) in [5, 5.41) is 18.5. The molecule has 0 bridgehead atoms. The summed E-state index contributed by atoms with van der Waals surface area (Å²) in [5.74, 6) is -1.54. The average molecular weight is 503 g/mol. The van der Waals surface area contributed by atoms with Crippen molar-refractivity contribution in [2.75, 3.05) is 0 Å². The van der Waals surface area contributed by atoms with Crippen molar-refractivity contribution in [1.82, 2.24) is 4.98 Å². The molecule has 0 radical (unpaired) electrons. The number of pyridine rings is 1. The Bertz CT molecular complexity index is 1070. The number of hydrogen-bond acceptors (Lipinski definition) is 4. The van der Waals surface area contributed by atoms with Gasteiger partial charge in [-0.05, 0) is 73.8 Å². The molecule has 2 heterocycles. The number of nitrogens with zero attached hydrogens (tertiary/aromatic N) is 1. The lowest BCUT2D eigenvalue weighted by molar-refractivity contribution is -0.136. The summed E-state index contributed by atoms with van der Waals surface area (Å²) in [6, 6.07) is 5.20. The lowest BCUT2D eigenvalue weighted by Crippen LogP contribution is -2.10. The van der Waals surface area contributed by atoms with Crippen molar-refractivity contribution in [3.8, 4) is 11.1 Å². The normalized spacial score (nSPS) is 11.3. The molecule has 2 aromatic heterocycles. The number of halogens is 3. The molecule has 0 aliphatic rings. The molecule has 3 aromatic rings. The molecular formula is C21H22BrClFNO3S. The van der Waals surface area contributed by atoms with E-state index in [2.05, 4.69) is 20.9 Å². The third kappa shape index (κ3) is 5.98. The number of benzene rings is 1. The van der Waals surface area contributed by atoms with Crippen LogP contribution < -0.4 is 0 Å². The van der Waals surface area contributed by atoms with E-state index >= 15 is 0 Å². The van der Waals surface area contributed by atoms with Crippen LogP contribution in [0.5, 0.6) is 0 Å². The number of aromatic nitrogens is 1. The fourth-order valence-electron chi connectivity index (χ4n) is 2.72. The maximum atomic E-state index is 14.3. The zero-order valence-corrected chi connectivity index (χ0v) is 19.9. The van der Waals surface area contributed by atoms with Gasteiger partial charge in [0.2, 0.25) is 0 Å². The second-order valence-corrected chi connectivity index (χ2v) is 10.1. The van der Waals surface area contributed by atoms with Crippen molar-refractivity contribution in [1.29, 1.82) is 0 Å². The minimum absolute atomic E-state index is 0.0354. The third-order valence-electron chi connectivity index (χ3n) is 3.75. The predicted molar refractivity (Wildman–Crippen MR) is 121 cm³/mol. The highest BCUT2D eigenvalue weighted by Gasteiger charge is 2.22. The van der Waals surface area contributed by atoms with Crippen LogP contribution in [-0.2, 0) is 11.2 Å². The molecule has 0 spiro atoms. The van der Waals surface area contributed by atoms with Crippen molar-refractivity contribution in [3.63, 3.8) is 0 Å². The van der Waals surface area contributed by atoms with Gasteiger partial charge in [0.15, 0.2) is 5.82 Å². The molecule has 0 saturated heterocycles. The molecular weight excluding hydrogens is 481 g/mol. The molecule has 3 rings (SSSR count). The fraction of sp³-hybridized carbons (Fsp3) is 0.333. The number of thiophene rings is 1. The molecule has 1 aromatic carbocycles. The van der Waals surface area contributed by atoms with Crippen molar-refractivity contribution in [2.45, 2.75) is 46.6 Å². The number of rotatable bonds is 3. The maximum Gasteiger partial charge on any atom is 0.307 e. The van der Waals surface area contributed by atoms with Gasteiger partial charge in [0, 0.05) is 21.5 Å². The Morgan fingerprint density at radius 2 is 1.90 bits per heavy atom. The van der Waals surface area contributed by atoms with E-state index in [1.54, 1.807) is 39.8 Å². The number of fused-ring (bicyclic) bond motifs is 1. The van der Waals surface area contributed by atoms with Gasteiger partial charge in [0.1, 0.15) is 4.83 Å². The molecule has 29 heavy (non-hydrogen) atoms. The summed E-state index contributed by atoms with van der Waals surface area (Å²) in [6.07, 6.45) is -0.201. The lowest BCUT2D eigenvalue weighted by atomic mass is 9.94. The number of aryl methyl sites for hydroxylation is 2. The van der Waals surface area contributed by atoms with Crippen LogP contribution in [0.2, 0.25) is 5.02 Å². The van der Waals surface area contributed by atoms with E-state index in [1.807, 2.05) is 13.0 Å². The first kappa shape index (κ1) is 23.7. The Morgan fingerprint density at radius 3 is 2.45 bits per heavy atom. The molecule has 4 nitrogen and oxygen atoms in total. The summed E-state index contributed by atoms with van der Waals surface area (Å²) in [7, 11) is 0. The Hall–Kier alpha value is -1.54. The smallest absolute Gasteiger partial charge is 0.307 e. The van der Waals surface area contributed by atoms with Gasteiger partial charge < -0.3 is 10.2 Å². The predicted octanol–water partition coefficient (Wildman–Crippen LogP) is 6.54. The summed E-state index contributed by atoms with van der Waals surface area (Å²) in [5.41, 5.74) is 1.78. The average Bonchev–Trinajstić information content (AvgIpc) is 2.92. The van der Waals surface area contributed by atoms with E-state index in [0.29, 0.717) is 22.4 Å². The Morgan fingerprint density at radius 1 is 1.31 bits per heavy atom. The van der Waals surface area contributed by atoms with Gasteiger partial charge in [0.25, 0.3) is 0 Å². The van der Waals surface area contributed by atoms with Crippen LogP contribution in [0.4, 0.5) is 4.39 Å². The number of aliphatic carboxylic acids is 1. The molecule has 0 aliphatic carbocycles. The van der Waals surface area contributed by atoms with Crippen LogP contribution in [0.1, 0.15) is 36.9 Å². The standard InChI is InChI=1S/C17H12BrClFNO2S.C4H10O/c1-7-5-11-14(9-3-4-12(18)16(20)15(9)19)10(6-13(22)23)8(2)21-17(11)24-7;1-4(2,3)5/h3-5H,6H2,1-2H3,(H,22,23);5H,1-3H3. The van der Waals surface area contributed by atoms with Gasteiger partial charge in [-0.3, -0.25) is 4.79 Å². The van der Waals surface area contributed by atoms with E-state index in [4.69, 9.17) is 16.7 Å². The Balaban J connectivity index is 0.000000537. The van der Waals surface area contributed by atoms with Crippen LogP contribution >= 0.6 is 38.9 Å². The van der Waals surface area contributed by atoms with Crippen LogP contribution in [0.15, 0.2) is 22.7 Å². The molecule has 156 valence electrons. The van der Waals surface area contributed by atoms with Crippen molar-refractivity contribution in [2.24, 2.45) is 0 Å². The topological polar surface area (TPSA) is 70.4 Å². The minimum Gasteiger partial charge on any atom is -0.481 e. The molecule has 0 aliphatic heterocycles. The van der Waals surface area contributed by atoms with Crippen molar-refractivity contribution < 1.29 is 19.4 Å². The molecule has 0 unspecified atom stereocenters. The number of carboxylic acid groups (broad SMARTS) is 1. The second-order valence-electron chi connectivity index (χ2n) is 7.59. The molecule has 0 saturated carbocycles. The Kier molecular flexibility index (Phi) is 7.43. The van der Waals surface area contributed by atoms with Crippen LogP contribution in [0.3, 0.4) is 0 Å². The maximum absolute atomic E-state index is 14.3. The quantitative estimate of drug-likeness (QED) is 0.399. The largest absolute Gasteiger partial charge is 0.481 e. The number of hydrogen-bond donors (Lipinski definition) is 2. The molecule has 8 heteroatoms. The van der Waals surface area contributed by atoms with Crippen LogP contribution in [-0.4, -0.2) is 26.8 Å². The van der Waals surface area contributed by atoms with E-state index in [9.17, 15) is 14.3 Å². The zero-order chi connectivity index (χ0) is 22.1. The summed E-state index contributed by atoms with van der Waals surface area (Å²) in [4.78, 5) is 17.7. The minimum atomic E-state index is -0.971. The zero-order valence-electron chi connectivity index (χ0n) is 16.7. The first-order valence-electron chi connectivity index (χ1n) is 8.77. The van der Waals surface area contributed by atoms with Gasteiger partial charge in [-0.1, -0.05) is 17.7 Å². The van der Waals surface area contributed by atoms with E-state index in [1.165, 1.54) is 11.3 Å². The highest BCUT2D eigenvalue weighted by molar-refractivity contribution is 9.10. The molecule has 0 amide bonds. The van der Waals surface area contributed by atoms with Gasteiger partial charge >= 0.3 is 5.97 Å². The monoisotopic (exact) mass is 501 g/mol. The highest BCUT2D eigenvalue weighted by Crippen LogP contribution is 2.41. The summed E-state index contributed by atoms with van der Waals surface area (Å²) in [6.45, 7) is 8.94. The number of carboxylic acids is 1. The van der Waals surface area contributed by atoms with Crippen LogP contribution in [0, 0.1) is 19.7 Å². The fourth-order valence-corrected chi connectivity index (χ4v) is 4.36. The van der Waals surface area contributed by atoms with Crippen LogP contribution in [0.25, 0.3) is 21.3 Å². The van der Waals surface area contributed by atoms with E-state index in [0.717, 1.165) is 15.1 Å². The Labute approximate surface area is 186 Å². The summed E-state index contributed by atoms with van der Waals surface area (Å²) >= 11 is 10.9. The molecule has 2 N–H and O–H groups in total.